The molecule has 1 rings (SSSR count). The van der Waals surface area contributed by atoms with Gasteiger partial charge in [-0.2, -0.15) is 0 Å². The summed E-state index contributed by atoms with van der Waals surface area (Å²) in [5.41, 5.74) is 1.25. The fourth-order valence-electron chi connectivity index (χ4n) is 1.96. The third-order valence-electron chi connectivity index (χ3n) is 3.04. The summed E-state index contributed by atoms with van der Waals surface area (Å²) in [6, 6.07) is 10.4. The van der Waals surface area contributed by atoms with Crippen molar-refractivity contribution in [2.75, 3.05) is 20.1 Å². The summed E-state index contributed by atoms with van der Waals surface area (Å²) in [6.07, 6.45) is 0.482. The molecule has 0 aliphatic heterocycles. The van der Waals surface area contributed by atoms with Gasteiger partial charge in [-0.25, -0.2) is 0 Å². The standard InChI is InChI=1S/C15H26N2O/c1-12(2)10-17-11-15(18)14(16-3)9-13-7-5-4-6-8-13/h4-8,12,14-18H,9-11H2,1-3H3/t14-,15+/m0/s1. The lowest BCUT2D eigenvalue weighted by molar-refractivity contribution is 0.128. The molecule has 0 amide bonds. The van der Waals surface area contributed by atoms with Gasteiger partial charge in [-0.15, -0.1) is 0 Å². The second-order valence-electron chi connectivity index (χ2n) is 5.20. The van der Waals surface area contributed by atoms with E-state index in [9.17, 15) is 5.11 Å². The quantitative estimate of drug-likeness (QED) is 0.654. The molecular weight excluding hydrogens is 224 g/mol. The molecule has 0 bridgehead atoms. The van der Waals surface area contributed by atoms with Crippen molar-refractivity contribution < 1.29 is 5.11 Å². The Morgan fingerprint density at radius 2 is 1.78 bits per heavy atom. The Hall–Kier alpha value is -0.900. The number of hydrogen-bond donors (Lipinski definition) is 3. The van der Waals surface area contributed by atoms with Gasteiger partial charge < -0.3 is 15.7 Å². The molecule has 3 heteroatoms. The predicted octanol–water partition coefficient (Wildman–Crippen LogP) is 1.42. The van der Waals surface area contributed by atoms with Gasteiger partial charge in [0.05, 0.1) is 6.10 Å². The van der Waals surface area contributed by atoms with Crippen LogP contribution in [0.4, 0.5) is 0 Å². The number of benzene rings is 1. The van der Waals surface area contributed by atoms with E-state index >= 15 is 0 Å². The van der Waals surface area contributed by atoms with Crippen LogP contribution < -0.4 is 10.6 Å². The first-order valence-electron chi connectivity index (χ1n) is 6.73. The zero-order valence-corrected chi connectivity index (χ0v) is 11.7. The Kier molecular flexibility index (Phi) is 6.94. The molecular formula is C15H26N2O. The molecule has 0 radical (unpaired) electrons. The lowest BCUT2D eigenvalue weighted by Crippen LogP contribution is -2.45. The number of rotatable bonds is 8. The molecule has 0 aliphatic rings. The largest absolute Gasteiger partial charge is 0.390 e. The minimum atomic E-state index is -0.367. The first kappa shape index (κ1) is 15.2. The van der Waals surface area contributed by atoms with Crippen LogP contribution in [0.25, 0.3) is 0 Å². The normalized spacial score (nSPS) is 14.7. The molecule has 102 valence electrons. The van der Waals surface area contributed by atoms with E-state index in [2.05, 4.69) is 36.6 Å². The molecule has 0 heterocycles. The fourth-order valence-corrected chi connectivity index (χ4v) is 1.96. The van der Waals surface area contributed by atoms with Gasteiger partial charge in [-0.3, -0.25) is 0 Å². The van der Waals surface area contributed by atoms with Crippen molar-refractivity contribution >= 4 is 0 Å². The van der Waals surface area contributed by atoms with Crippen LogP contribution in [0.2, 0.25) is 0 Å². The maximum absolute atomic E-state index is 10.2. The number of likely N-dealkylation sites (N-methyl/N-ethyl adjacent to an activating group) is 1. The summed E-state index contributed by atoms with van der Waals surface area (Å²) < 4.78 is 0. The van der Waals surface area contributed by atoms with Crippen molar-refractivity contribution in [1.29, 1.82) is 0 Å². The molecule has 0 aromatic heterocycles. The highest BCUT2D eigenvalue weighted by molar-refractivity contribution is 5.16. The van der Waals surface area contributed by atoms with Crippen LogP contribution in [0.5, 0.6) is 0 Å². The Balaban J connectivity index is 2.40. The van der Waals surface area contributed by atoms with Crippen molar-refractivity contribution in [3.05, 3.63) is 35.9 Å². The van der Waals surface area contributed by atoms with Gasteiger partial charge in [0.15, 0.2) is 0 Å². The van der Waals surface area contributed by atoms with E-state index in [1.54, 1.807) is 0 Å². The lowest BCUT2D eigenvalue weighted by atomic mass is 10.0. The molecule has 3 nitrogen and oxygen atoms in total. The summed E-state index contributed by atoms with van der Waals surface area (Å²) in [7, 11) is 1.90. The number of hydrogen-bond acceptors (Lipinski definition) is 3. The number of aliphatic hydroxyl groups excluding tert-OH is 1. The Bertz CT molecular complexity index is 314. The Morgan fingerprint density at radius 1 is 1.11 bits per heavy atom. The molecule has 0 unspecified atom stereocenters. The number of nitrogens with one attached hydrogen (secondary N) is 2. The monoisotopic (exact) mass is 250 g/mol. The Morgan fingerprint density at radius 3 is 2.33 bits per heavy atom. The van der Waals surface area contributed by atoms with E-state index in [-0.39, 0.29) is 12.1 Å². The molecule has 2 atom stereocenters. The van der Waals surface area contributed by atoms with E-state index in [1.165, 1.54) is 5.56 Å². The molecule has 1 aromatic carbocycles. The molecule has 0 aliphatic carbocycles. The summed E-state index contributed by atoms with van der Waals surface area (Å²) in [5, 5.41) is 16.7. The average molecular weight is 250 g/mol. The van der Waals surface area contributed by atoms with Crippen LogP contribution in [0.3, 0.4) is 0 Å². The number of aliphatic hydroxyl groups is 1. The summed E-state index contributed by atoms with van der Waals surface area (Å²) in [4.78, 5) is 0. The predicted molar refractivity (Wildman–Crippen MR) is 76.7 cm³/mol. The van der Waals surface area contributed by atoms with Crippen molar-refractivity contribution in [1.82, 2.24) is 10.6 Å². The molecule has 0 fully saturated rings. The first-order valence-corrected chi connectivity index (χ1v) is 6.73. The second-order valence-corrected chi connectivity index (χ2v) is 5.20. The van der Waals surface area contributed by atoms with Gasteiger partial charge >= 0.3 is 0 Å². The van der Waals surface area contributed by atoms with Crippen LogP contribution >= 0.6 is 0 Å². The van der Waals surface area contributed by atoms with Gasteiger partial charge in [0, 0.05) is 12.6 Å². The third kappa shape index (κ3) is 5.63. The molecule has 0 saturated heterocycles. The van der Waals surface area contributed by atoms with E-state index in [4.69, 9.17) is 0 Å². The van der Waals surface area contributed by atoms with Crippen molar-refractivity contribution in [2.45, 2.75) is 32.4 Å². The maximum Gasteiger partial charge on any atom is 0.0820 e. The van der Waals surface area contributed by atoms with Crippen LogP contribution in [0.1, 0.15) is 19.4 Å². The SMILES string of the molecule is CN[C@@H](Cc1ccccc1)[C@H](O)CNCC(C)C. The summed E-state index contributed by atoms with van der Waals surface area (Å²) >= 11 is 0. The maximum atomic E-state index is 10.2. The van der Waals surface area contributed by atoms with E-state index in [1.807, 2.05) is 25.2 Å². The highest BCUT2D eigenvalue weighted by Gasteiger charge is 2.17. The molecule has 18 heavy (non-hydrogen) atoms. The van der Waals surface area contributed by atoms with Crippen molar-refractivity contribution in [3.8, 4) is 0 Å². The van der Waals surface area contributed by atoms with Gasteiger partial charge in [0.1, 0.15) is 0 Å². The van der Waals surface area contributed by atoms with Crippen molar-refractivity contribution in [2.24, 2.45) is 5.92 Å². The lowest BCUT2D eigenvalue weighted by Gasteiger charge is -2.23. The molecule has 0 spiro atoms. The third-order valence-corrected chi connectivity index (χ3v) is 3.04. The smallest absolute Gasteiger partial charge is 0.0820 e. The van der Waals surface area contributed by atoms with Gasteiger partial charge in [0.2, 0.25) is 0 Å². The van der Waals surface area contributed by atoms with Gasteiger partial charge in [-0.05, 0) is 31.5 Å². The van der Waals surface area contributed by atoms with Gasteiger partial charge in [0.25, 0.3) is 0 Å². The highest BCUT2D eigenvalue weighted by atomic mass is 16.3. The average Bonchev–Trinajstić information content (AvgIpc) is 2.36. The van der Waals surface area contributed by atoms with Crippen LogP contribution in [-0.4, -0.2) is 37.4 Å². The van der Waals surface area contributed by atoms with Crippen LogP contribution in [-0.2, 0) is 6.42 Å². The zero-order chi connectivity index (χ0) is 13.4. The fraction of sp³-hybridized carbons (Fsp3) is 0.600. The van der Waals surface area contributed by atoms with E-state index in [0.29, 0.717) is 12.5 Å². The van der Waals surface area contributed by atoms with Gasteiger partial charge in [-0.1, -0.05) is 44.2 Å². The zero-order valence-electron chi connectivity index (χ0n) is 11.7. The minimum absolute atomic E-state index is 0.0899. The molecule has 3 N–H and O–H groups in total. The topological polar surface area (TPSA) is 44.3 Å². The van der Waals surface area contributed by atoms with Crippen LogP contribution in [0.15, 0.2) is 30.3 Å². The highest BCUT2D eigenvalue weighted by Crippen LogP contribution is 2.05. The van der Waals surface area contributed by atoms with E-state index in [0.717, 1.165) is 13.0 Å². The van der Waals surface area contributed by atoms with Crippen LogP contribution in [0, 0.1) is 5.92 Å². The molecule has 0 saturated carbocycles. The second kappa shape index (κ2) is 8.25. The summed E-state index contributed by atoms with van der Waals surface area (Å²) in [5.74, 6) is 0.611. The minimum Gasteiger partial charge on any atom is -0.390 e. The van der Waals surface area contributed by atoms with E-state index < -0.39 is 0 Å². The first-order chi connectivity index (χ1) is 8.63. The summed E-state index contributed by atoms with van der Waals surface area (Å²) in [6.45, 7) is 5.91. The molecule has 1 aromatic rings. The van der Waals surface area contributed by atoms with Crippen molar-refractivity contribution in [3.63, 3.8) is 0 Å². The Labute approximate surface area is 111 Å².